The lowest BCUT2D eigenvalue weighted by molar-refractivity contribution is -0.384. The fourth-order valence-electron chi connectivity index (χ4n) is 2.26. The fourth-order valence-corrected chi connectivity index (χ4v) is 3.51. The molecule has 8 heteroatoms. The molecule has 1 fully saturated rings. The van der Waals surface area contributed by atoms with Gasteiger partial charge >= 0.3 is 0 Å². The number of thiocarbonyl (C=S) groups is 1. The minimum atomic E-state index is -0.456. The molecular weight excluding hydrogens is 372 g/mol. The molecule has 0 spiro atoms. The van der Waals surface area contributed by atoms with Gasteiger partial charge < -0.3 is 5.11 Å². The molecule has 26 heavy (non-hydrogen) atoms. The zero-order valence-corrected chi connectivity index (χ0v) is 14.9. The number of nitro groups is 1. The molecule has 1 aliphatic heterocycles. The van der Waals surface area contributed by atoms with Crippen LogP contribution in [-0.4, -0.2) is 20.3 Å². The van der Waals surface area contributed by atoms with Crippen LogP contribution in [0.4, 0.5) is 11.4 Å². The zero-order valence-electron chi connectivity index (χ0n) is 13.2. The Balaban J connectivity index is 1.75. The van der Waals surface area contributed by atoms with Crippen LogP contribution in [0.2, 0.25) is 0 Å². The van der Waals surface area contributed by atoms with Gasteiger partial charge in [0.15, 0.2) is 4.32 Å². The lowest BCUT2D eigenvalue weighted by atomic mass is 10.2. The number of anilines is 1. The molecule has 0 bridgehead atoms. The Morgan fingerprint density at radius 3 is 2.38 bits per heavy atom. The molecule has 1 aliphatic rings. The Bertz CT molecular complexity index is 935. The van der Waals surface area contributed by atoms with Gasteiger partial charge in [0, 0.05) is 12.1 Å². The molecule has 6 nitrogen and oxygen atoms in total. The van der Waals surface area contributed by atoms with Crippen molar-refractivity contribution in [1.29, 1.82) is 0 Å². The maximum absolute atomic E-state index is 12.5. The summed E-state index contributed by atoms with van der Waals surface area (Å²) >= 11 is 6.46. The maximum atomic E-state index is 12.5. The molecule has 0 aromatic heterocycles. The first-order valence-corrected chi connectivity index (χ1v) is 8.66. The molecule has 0 unspecified atom stereocenters. The number of non-ortho nitro benzene ring substituents is 1. The van der Waals surface area contributed by atoms with Gasteiger partial charge in [-0.25, -0.2) is 0 Å². The summed E-state index contributed by atoms with van der Waals surface area (Å²) in [6, 6.07) is 12.3. The van der Waals surface area contributed by atoms with E-state index in [0.29, 0.717) is 14.9 Å². The number of nitrogens with zero attached hydrogens (tertiary/aromatic N) is 2. The third-order valence-corrected chi connectivity index (χ3v) is 4.86. The summed E-state index contributed by atoms with van der Waals surface area (Å²) in [5.74, 6) is -0.125. The Morgan fingerprint density at radius 2 is 1.77 bits per heavy atom. The van der Waals surface area contributed by atoms with Crippen LogP contribution in [0.5, 0.6) is 5.75 Å². The van der Waals surface area contributed by atoms with Crippen molar-refractivity contribution in [2.45, 2.75) is 0 Å². The SMILES string of the molecule is O=C1/C(=C/C=C/c2ccc([N+](=O)[O-])cc2)SC(=S)N1c1ccc(O)cc1. The number of phenols is 1. The summed E-state index contributed by atoms with van der Waals surface area (Å²) < 4.78 is 0.413. The second-order valence-electron chi connectivity index (χ2n) is 5.26. The molecular formula is C18H12N2O4S2. The number of phenolic OH excluding ortho intramolecular Hbond substituents is 1. The minimum Gasteiger partial charge on any atom is -0.508 e. The summed E-state index contributed by atoms with van der Waals surface area (Å²) in [5.41, 5.74) is 1.39. The number of allylic oxidation sites excluding steroid dienone is 2. The third kappa shape index (κ3) is 3.81. The monoisotopic (exact) mass is 384 g/mol. The third-order valence-electron chi connectivity index (χ3n) is 3.54. The topological polar surface area (TPSA) is 83.7 Å². The molecule has 0 radical (unpaired) electrons. The highest BCUT2D eigenvalue weighted by atomic mass is 32.2. The zero-order chi connectivity index (χ0) is 18.7. The van der Waals surface area contributed by atoms with Crippen molar-refractivity contribution in [2.24, 2.45) is 0 Å². The fraction of sp³-hybridized carbons (Fsp3) is 0. The average Bonchev–Trinajstić information content (AvgIpc) is 2.90. The molecule has 3 rings (SSSR count). The van der Waals surface area contributed by atoms with Crippen molar-refractivity contribution in [3.05, 3.63) is 81.3 Å². The number of hydrogen-bond donors (Lipinski definition) is 1. The number of carbonyl (C=O) groups is 1. The van der Waals surface area contributed by atoms with Gasteiger partial charge in [-0.3, -0.25) is 19.8 Å². The van der Waals surface area contributed by atoms with Crippen LogP contribution in [0.1, 0.15) is 5.56 Å². The molecule has 1 heterocycles. The molecule has 0 aliphatic carbocycles. The summed E-state index contributed by atoms with van der Waals surface area (Å²) in [7, 11) is 0. The Kier molecular flexibility index (Phi) is 5.15. The van der Waals surface area contributed by atoms with Gasteiger partial charge in [0.1, 0.15) is 5.75 Å². The van der Waals surface area contributed by atoms with E-state index in [1.54, 1.807) is 42.5 Å². The lowest BCUT2D eigenvalue weighted by Crippen LogP contribution is -2.27. The van der Waals surface area contributed by atoms with Crippen molar-refractivity contribution in [3.8, 4) is 5.75 Å². The van der Waals surface area contributed by atoms with Gasteiger partial charge in [-0.05, 0) is 48.0 Å². The van der Waals surface area contributed by atoms with E-state index >= 15 is 0 Å². The van der Waals surface area contributed by atoms with E-state index in [2.05, 4.69) is 0 Å². The number of aromatic hydroxyl groups is 1. The van der Waals surface area contributed by atoms with Crippen LogP contribution in [0, 0.1) is 10.1 Å². The molecule has 0 saturated carbocycles. The highest BCUT2D eigenvalue weighted by molar-refractivity contribution is 8.27. The highest BCUT2D eigenvalue weighted by Crippen LogP contribution is 2.35. The summed E-state index contributed by atoms with van der Waals surface area (Å²) in [5, 5.41) is 20.0. The highest BCUT2D eigenvalue weighted by Gasteiger charge is 2.32. The number of benzene rings is 2. The van der Waals surface area contributed by atoms with Crippen LogP contribution < -0.4 is 4.90 Å². The molecule has 130 valence electrons. The van der Waals surface area contributed by atoms with Crippen molar-refractivity contribution in [3.63, 3.8) is 0 Å². The van der Waals surface area contributed by atoms with Crippen molar-refractivity contribution in [1.82, 2.24) is 0 Å². The number of rotatable bonds is 4. The van der Waals surface area contributed by atoms with Gasteiger partial charge in [0.2, 0.25) is 0 Å². The van der Waals surface area contributed by atoms with Gasteiger partial charge in [0.05, 0.1) is 15.5 Å². The van der Waals surface area contributed by atoms with E-state index < -0.39 is 4.92 Å². The van der Waals surface area contributed by atoms with Gasteiger partial charge in [0.25, 0.3) is 11.6 Å². The Morgan fingerprint density at radius 1 is 1.12 bits per heavy atom. The van der Waals surface area contributed by atoms with Gasteiger partial charge in [-0.1, -0.05) is 36.1 Å². The molecule has 2 aromatic carbocycles. The van der Waals surface area contributed by atoms with Crippen LogP contribution in [0.25, 0.3) is 6.08 Å². The van der Waals surface area contributed by atoms with Crippen LogP contribution in [-0.2, 0) is 4.79 Å². The lowest BCUT2D eigenvalue weighted by Gasteiger charge is -2.14. The molecule has 1 saturated heterocycles. The summed E-state index contributed by atoms with van der Waals surface area (Å²) in [4.78, 5) is 24.6. The Hall–Kier alpha value is -2.97. The predicted molar refractivity (Wildman–Crippen MR) is 106 cm³/mol. The van der Waals surface area contributed by atoms with E-state index in [1.807, 2.05) is 0 Å². The second-order valence-corrected chi connectivity index (χ2v) is 6.94. The molecule has 0 atom stereocenters. The molecule has 1 N–H and O–H groups in total. The second kappa shape index (κ2) is 7.51. The number of nitro benzene ring substituents is 1. The van der Waals surface area contributed by atoms with Crippen LogP contribution in [0.3, 0.4) is 0 Å². The molecule has 2 aromatic rings. The van der Waals surface area contributed by atoms with E-state index in [1.165, 1.54) is 40.9 Å². The largest absolute Gasteiger partial charge is 0.508 e. The number of thioether (sulfide) groups is 1. The Labute approximate surface area is 158 Å². The summed E-state index contributed by atoms with van der Waals surface area (Å²) in [6.45, 7) is 0. The normalized spacial score (nSPS) is 16.0. The quantitative estimate of drug-likeness (QED) is 0.367. The average molecular weight is 384 g/mol. The van der Waals surface area contributed by atoms with E-state index in [9.17, 15) is 20.0 Å². The number of hydrogen-bond acceptors (Lipinski definition) is 6. The van der Waals surface area contributed by atoms with Gasteiger partial charge in [-0.15, -0.1) is 0 Å². The maximum Gasteiger partial charge on any atom is 0.270 e. The van der Waals surface area contributed by atoms with Gasteiger partial charge in [-0.2, -0.15) is 0 Å². The van der Waals surface area contributed by atoms with Crippen molar-refractivity contribution in [2.75, 3.05) is 4.90 Å². The van der Waals surface area contributed by atoms with Crippen molar-refractivity contribution >= 4 is 51.7 Å². The first-order valence-electron chi connectivity index (χ1n) is 7.44. The van der Waals surface area contributed by atoms with Crippen molar-refractivity contribution < 1.29 is 14.8 Å². The smallest absolute Gasteiger partial charge is 0.270 e. The molecule has 1 amide bonds. The summed E-state index contributed by atoms with van der Waals surface area (Å²) in [6.07, 6.45) is 5.10. The minimum absolute atomic E-state index is 0.0249. The first kappa shape index (κ1) is 17.8. The number of carbonyl (C=O) groups excluding carboxylic acids is 1. The van der Waals surface area contributed by atoms with E-state index in [0.717, 1.165) is 5.56 Å². The first-order chi connectivity index (χ1) is 12.5. The predicted octanol–water partition coefficient (Wildman–Crippen LogP) is 4.26. The van der Waals surface area contributed by atoms with E-state index in [4.69, 9.17) is 12.2 Å². The standard InChI is InChI=1S/C18H12N2O4S2/c21-15-10-8-13(9-11-15)19-17(22)16(26-18(19)25)3-1-2-12-4-6-14(7-5-12)20(23)24/h1-11,21H/b2-1+,16-3-. The van der Waals surface area contributed by atoms with Crippen LogP contribution in [0.15, 0.2) is 65.6 Å². The number of amides is 1. The van der Waals surface area contributed by atoms with E-state index in [-0.39, 0.29) is 17.3 Å². The van der Waals surface area contributed by atoms with Crippen LogP contribution >= 0.6 is 24.0 Å².